The summed E-state index contributed by atoms with van der Waals surface area (Å²) in [4.78, 5) is 13.4. The van der Waals surface area contributed by atoms with E-state index in [4.69, 9.17) is 15.9 Å². The average Bonchev–Trinajstić information content (AvgIpc) is 3.28. The van der Waals surface area contributed by atoms with Crippen LogP contribution in [0.1, 0.15) is 62.8 Å². The Bertz CT molecular complexity index is 1320. The van der Waals surface area contributed by atoms with Crippen molar-refractivity contribution in [3.63, 3.8) is 0 Å². The fraction of sp³-hybridized carbons (Fsp3) is 0.357. The highest BCUT2D eigenvalue weighted by molar-refractivity contribution is 5.90. The number of rotatable bonds is 5. The summed E-state index contributed by atoms with van der Waals surface area (Å²) in [5, 5.41) is 13.3. The number of anilines is 1. The summed E-state index contributed by atoms with van der Waals surface area (Å²) < 4.78 is 8.08. The largest absolute Gasteiger partial charge is 0.459 e. The molecule has 1 aromatic carbocycles. The summed E-state index contributed by atoms with van der Waals surface area (Å²) in [5.41, 5.74) is 1.97. The Kier molecular flexibility index (Phi) is 7.34. The van der Waals surface area contributed by atoms with Crippen LogP contribution in [0.2, 0.25) is 0 Å². The van der Waals surface area contributed by atoms with E-state index >= 15 is 0 Å². The third kappa shape index (κ3) is 4.57. The first-order valence-electron chi connectivity index (χ1n) is 12.0. The molecule has 0 amide bonds. The molecule has 0 fully saturated rings. The molecule has 4 rings (SSSR count). The van der Waals surface area contributed by atoms with Crippen molar-refractivity contribution in [1.82, 2.24) is 15.1 Å². The lowest BCUT2D eigenvalue weighted by molar-refractivity contribution is 0.295. The van der Waals surface area contributed by atoms with E-state index in [-0.39, 0.29) is 17.6 Å². The number of benzene rings is 1. The lowest BCUT2D eigenvalue weighted by Crippen LogP contribution is -2.37. The molecule has 6 nitrogen and oxygen atoms in total. The smallest absolute Gasteiger partial charge is 0.275 e. The Morgan fingerprint density at radius 3 is 2.85 bits per heavy atom. The van der Waals surface area contributed by atoms with Gasteiger partial charge >= 0.3 is 0 Å². The van der Waals surface area contributed by atoms with Crippen LogP contribution in [0.4, 0.5) is 5.82 Å². The number of nitrogens with zero attached hydrogens (tertiary/aromatic N) is 2. The molecule has 2 unspecified atom stereocenters. The molecule has 176 valence electrons. The highest BCUT2D eigenvalue weighted by atomic mass is 16.3. The normalized spacial score (nSPS) is 19.2. The Balaban J connectivity index is 1.84. The van der Waals surface area contributed by atoms with Crippen LogP contribution in [0.15, 0.2) is 57.8 Å². The Hall–Kier alpha value is -3.56. The van der Waals surface area contributed by atoms with Gasteiger partial charge in [-0.25, -0.2) is 4.68 Å². The lowest BCUT2D eigenvalue weighted by Gasteiger charge is -2.27. The van der Waals surface area contributed by atoms with Crippen molar-refractivity contribution in [2.75, 3.05) is 18.4 Å². The van der Waals surface area contributed by atoms with E-state index in [1.54, 1.807) is 4.68 Å². The van der Waals surface area contributed by atoms with Crippen molar-refractivity contribution in [3.05, 3.63) is 76.0 Å². The van der Waals surface area contributed by atoms with Crippen LogP contribution >= 0.6 is 0 Å². The standard InChI is InChI=1S/C28H32N4O2/c1-5-8-13-21(12-6-2)24-18-20(7-3)26(34-24)25-19(4)32-28(33)23-15-10-9-14-22(23)27(31-32)30-17-11-16-29-25/h1,6,9-10,12-15,18-19,25,29H,7-8,11,16-17H2,2-4H3,(H,30,31)/b12-6-,21-13+. The molecule has 2 N–H and O–H groups in total. The van der Waals surface area contributed by atoms with Crippen molar-refractivity contribution >= 4 is 22.2 Å². The van der Waals surface area contributed by atoms with Crippen molar-refractivity contribution in [1.29, 1.82) is 0 Å². The molecule has 0 spiro atoms. The summed E-state index contributed by atoms with van der Waals surface area (Å²) in [5.74, 6) is 5.04. The molecular weight excluding hydrogens is 424 g/mol. The first-order valence-corrected chi connectivity index (χ1v) is 12.0. The average molecular weight is 457 g/mol. The molecule has 34 heavy (non-hydrogen) atoms. The van der Waals surface area contributed by atoms with Gasteiger partial charge in [0.25, 0.3) is 5.56 Å². The van der Waals surface area contributed by atoms with Crippen LogP contribution in [-0.4, -0.2) is 22.9 Å². The van der Waals surface area contributed by atoms with Gasteiger partial charge in [0.05, 0.1) is 17.5 Å². The van der Waals surface area contributed by atoms with Crippen LogP contribution in [0.5, 0.6) is 0 Å². The van der Waals surface area contributed by atoms with Crippen LogP contribution in [0, 0.1) is 12.3 Å². The van der Waals surface area contributed by atoms with Gasteiger partial charge in [-0.15, -0.1) is 12.3 Å². The minimum atomic E-state index is -0.264. The van der Waals surface area contributed by atoms with Gasteiger partial charge < -0.3 is 15.1 Å². The lowest BCUT2D eigenvalue weighted by atomic mass is 10.0. The summed E-state index contributed by atoms with van der Waals surface area (Å²) in [7, 11) is 0. The quantitative estimate of drug-likeness (QED) is 0.406. The van der Waals surface area contributed by atoms with E-state index in [2.05, 4.69) is 29.5 Å². The minimum Gasteiger partial charge on any atom is -0.459 e. The van der Waals surface area contributed by atoms with Gasteiger partial charge in [0, 0.05) is 23.9 Å². The van der Waals surface area contributed by atoms with Gasteiger partial charge in [-0.05, 0) is 50.9 Å². The third-order valence-corrected chi connectivity index (χ3v) is 6.28. The van der Waals surface area contributed by atoms with Crippen molar-refractivity contribution in [3.8, 4) is 12.3 Å². The summed E-state index contributed by atoms with van der Waals surface area (Å²) in [6, 6.07) is 9.26. The van der Waals surface area contributed by atoms with Crippen molar-refractivity contribution in [2.45, 2.75) is 52.1 Å². The number of nitrogens with one attached hydrogen (secondary N) is 2. The third-order valence-electron chi connectivity index (χ3n) is 6.28. The van der Waals surface area contributed by atoms with E-state index < -0.39 is 0 Å². The van der Waals surface area contributed by atoms with Gasteiger partial charge in [0.1, 0.15) is 11.5 Å². The number of terminal acetylenes is 1. The second-order valence-electron chi connectivity index (χ2n) is 8.52. The molecular formula is C28H32N4O2. The zero-order valence-corrected chi connectivity index (χ0v) is 20.1. The zero-order valence-electron chi connectivity index (χ0n) is 20.1. The highest BCUT2D eigenvalue weighted by Crippen LogP contribution is 2.34. The fourth-order valence-corrected chi connectivity index (χ4v) is 4.51. The summed E-state index contributed by atoms with van der Waals surface area (Å²) in [6.45, 7) is 7.66. The van der Waals surface area contributed by atoms with Gasteiger partial charge in [-0.2, -0.15) is 5.10 Å². The van der Waals surface area contributed by atoms with E-state index in [9.17, 15) is 4.79 Å². The Morgan fingerprint density at radius 2 is 2.12 bits per heavy atom. The second-order valence-corrected chi connectivity index (χ2v) is 8.52. The summed E-state index contributed by atoms with van der Waals surface area (Å²) in [6.07, 6.45) is 13.7. The maximum atomic E-state index is 13.4. The second kappa shape index (κ2) is 10.6. The molecule has 2 aromatic heterocycles. The van der Waals surface area contributed by atoms with Gasteiger partial charge in [0.15, 0.2) is 5.82 Å². The molecule has 1 aliphatic rings. The number of aromatic nitrogens is 2. The number of aryl methyl sites for hydroxylation is 1. The molecule has 2 bridgehead atoms. The van der Waals surface area contributed by atoms with Gasteiger partial charge in [0.2, 0.25) is 0 Å². The van der Waals surface area contributed by atoms with E-state index in [1.165, 1.54) is 0 Å². The zero-order chi connectivity index (χ0) is 24.1. The fourth-order valence-electron chi connectivity index (χ4n) is 4.51. The number of fused-ring (bicyclic) bond motifs is 4. The molecule has 2 atom stereocenters. The van der Waals surface area contributed by atoms with Gasteiger partial charge in [-0.1, -0.05) is 43.4 Å². The Labute approximate surface area is 200 Å². The molecule has 1 aliphatic heterocycles. The number of furan rings is 1. The molecule has 3 aromatic rings. The first kappa shape index (κ1) is 23.6. The van der Waals surface area contributed by atoms with Crippen LogP contribution < -0.4 is 16.2 Å². The predicted octanol–water partition coefficient (Wildman–Crippen LogP) is 5.24. The maximum Gasteiger partial charge on any atom is 0.275 e. The molecule has 6 heteroatoms. The minimum absolute atomic E-state index is 0.102. The predicted molar refractivity (Wildman–Crippen MR) is 139 cm³/mol. The number of hydrogen-bond acceptors (Lipinski definition) is 5. The number of allylic oxidation sites excluding steroid dienone is 4. The van der Waals surface area contributed by atoms with Crippen LogP contribution in [-0.2, 0) is 6.42 Å². The van der Waals surface area contributed by atoms with E-state index in [1.807, 2.05) is 56.3 Å². The highest BCUT2D eigenvalue weighted by Gasteiger charge is 2.29. The van der Waals surface area contributed by atoms with Crippen molar-refractivity contribution in [2.24, 2.45) is 0 Å². The monoisotopic (exact) mass is 456 g/mol. The molecule has 3 heterocycles. The molecule has 0 saturated heterocycles. The molecule has 0 aliphatic carbocycles. The summed E-state index contributed by atoms with van der Waals surface area (Å²) >= 11 is 0. The van der Waals surface area contributed by atoms with Crippen molar-refractivity contribution < 1.29 is 4.42 Å². The first-order chi connectivity index (χ1) is 16.6. The van der Waals surface area contributed by atoms with Crippen LogP contribution in [0.3, 0.4) is 0 Å². The Morgan fingerprint density at radius 1 is 1.32 bits per heavy atom. The molecule has 0 radical (unpaired) electrons. The van der Waals surface area contributed by atoms with E-state index in [0.29, 0.717) is 11.8 Å². The SMILES string of the molecule is C#CC/C=C(\C=C/C)c1cc(CC)c(C2NCCCNc3nn(c(=O)c4ccccc34)C2C)o1. The molecule has 0 saturated carbocycles. The number of hydrogen-bond donors (Lipinski definition) is 2. The maximum absolute atomic E-state index is 13.4. The van der Waals surface area contributed by atoms with Crippen LogP contribution in [0.25, 0.3) is 16.3 Å². The van der Waals surface area contributed by atoms with Gasteiger partial charge in [-0.3, -0.25) is 4.79 Å². The topological polar surface area (TPSA) is 72.1 Å². The van der Waals surface area contributed by atoms with E-state index in [0.717, 1.165) is 59.8 Å².